The van der Waals surface area contributed by atoms with Gasteiger partial charge in [-0.1, -0.05) is 24.3 Å². The Balaban J connectivity index is 2.08. The molecule has 1 heterocycles. The fourth-order valence-corrected chi connectivity index (χ4v) is 3.97. The summed E-state index contributed by atoms with van der Waals surface area (Å²) in [4.78, 5) is 39.3. The smallest absolute Gasteiger partial charge is 0.336 e. The number of benzene rings is 2. The molecular formula is C23H20BrClN2O7. The molecule has 11 heteroatoms. The van der Waals surface area contributed by atoms with Crippen LogP contribution in [0.2, 0.25) is 5.02 Å². The Kier molecular flexibility index (Phi) is 7.85. The van der Waals surface area contributed by atoms with Crippen LogP contribution in [0.3, 0.4) is 0 Å². The molecule has 178 valence electrons. The molecule has 0 bridgehead atoms. The first kappa shape index (κ1) is 25.1. The van der Waals surface area contributed by atoms with E-state index in [0.717, 1.165) is 4.90 Å². The Labute approximate surface area is 209 Å². The summed E-state index contributed by atoms with van der Waals surface area (Å²) >= 11 is 9.53. The number of halogens is 2. The quantitative estimate of drug-likeness (QED) is 0.295. The van der Waals surface area contributed by atoms with E-state index in [4.69, 9.17) is 30.5 Å². The summed E-state index contributed by atoms with van der Waals surface area (Å²) < 4.78 is 22.0. The van der Waals surface area contributed by atoms with Gasteiger partial charge in [-0.25, -0.2) is 9.69 Å². The van der Waals surface area contributed by atoms with Crippen LogP contribution in [0.1, 0.15) is 5.56 Å². The molecule has 1 fully saturated rings. The van der Waals surface area contributed by atoms with Crippen molar-refractivity contribution in [1.82, 2.24) is 5.32 Å². The third kappa shape index (κ3) is 4.87. The Morgan fingerprint density at radius 2 is 1.71 bits per heavy atom. The number of carbonyl (C=O) groups excluding carboxylic acids is 3. The van der Waals surface area contributed by atoms with Crippen LogP contribution < -0.4 is 29.2 Å². The lowest BCUT2D eigenvalue weighted by Gasteiger charge is -2.28. The Morgan fingerprint density at radius 3 is 2.32 bits per heavy atom. The van der Waals surface area contributed by atoms with Gasteiger partial charge in [-0.3, -0.25) is 14.9 Å². The van der Waals surface area contributed by atoms with Gasteiger partial charge in [-0.05, 0) is 39.7 Å². The van der Waals surface area contributed by atoms with Crippen LogP contribution >= 0.6 is 27.5 Å². The SMILES string of the molecule is C=CCOc1c(Br)cc(/C=C2\C(=O)NC(=O)N(c3cc(OC)c(Cl)cc3OC)C2=O)cc1OC. The Morgan fingerprint density at radius 1 is 1.03 bits per heavy atom. The molecule has 0 spiro atoms. The van der Waals surface area contributed by atoms with Crippen LogP contribution in [0, 0.1) is 0 Å². The standard InChI is InChI=1S/C23H20BrClN2O7/c1-5-6-34-20-14(24)8-12(9-19(20)33-4)7-13-21(28)26-23(30)27(22(13)29)16-11-17(31-2)15(25)10-18(16)32-3/h5,7-11H,1,6H2,2-4H3,(H,26,28,30)/b13-7+. The molecule has 0 atom stereocenters. The van der Waals surface area contributed by atoms with E-state index < -0.39 is 17.8 Å². The van der Waals surface area contributed by atoms with E-state index in [9.17, 15) is 14.4 Å². The highest BCUT2D eigenvalue weighted by molar-refractivity contribution is 9.10. The second kappa shape index (κ2) is 10.6. The second-order valence-electron chi connectivity index (χ2n) is 6.75. The molecular weight excluding hydrogens is 532 g/mol. The van der Waals surface area contributed by atoms with Gasteiger partial charge in [-0.2, -0.15) is 0 Å². The number of nitrogens with zero attached hydrogens (tertiary/aromatic N) is 1. The zero-order valence-electron chi connectivity index (χ0n) is 18.4. The summed E-state index contributed by atoms with van der Waals surface area (Å²) in [7, 11) is 4.20. The molecule has 1 aliphatic heterocycles. The van der Waals surface area contributed by atoms with Gasteiger partial charge in [0.15, 0.2) is 11.5 Å². The topological polar surface area (TPSA) is 103 Å². The molecule has 1 N–H and O–H groups in total. The Bertz CT molecular complexity index is 1210. The molecule has 0 unspecified atom stereocenters. The zero-order chi connectivity index (χ0) is 25.0. The summed E-state index contributed by atoms with van der Waals surface area (Å²) in [6.07, 6.45) is 2.92. The average molecular weight is 552 g/mol. The zero-order valence-corrected chi connectivity index (χ0v) is 20.8. The van der Waals surface area contributed by atoms with Gasteiger partial charge in [0.05, 0.1) is 36.5 Å². The van der Waals surface area contributed by atoms with Crippen molar-refractivity contribution < 1.29 is 33.3 Å². The van der Waals surface area contributed by atoms with Crippen molar-refractivity contribution in [2.75, 3.05) is 32.8 Å². The number of barbiturate groups is 1. The third-order valence-corrected chi connectivity index (χ3v) is 5.59. The number of rotatable bonds is 8. The molecule has 1 saturated heterocycles. The molecule has 2 aromatic carbocycles. The molecule has 1 aliphatic rings. The number of amides is 4. The summed E-state index contributed by atoms with van der Waals surface area (Å²) in [5.74, 6) is -0.574. The van der Waals surface area contributed by atoms with Crippen molar-refractivity contribution in [3.63, 3.8) is 0 Å². The van der Waals surface area contributed by atoms with E-state index in [-0.39, 0.29) is 34.4 Å². The van der Waals surface area contributed by atoms with Crippen molar-refractivity contribution in [3.05, 3.63) is 57.6 Å². The maximum Gasteiger partial charge on any atom is 0.336 e. The fraction of sp³-hybridized carbons (Fsp3) is 0.174. The number of ether oxygens (including phenoxy) is 4. The van der Waals surface area contributed by atoms with Gasteiger partial charge in [0.25, 0.3) is 11.8 Å². The minimum Gasteiger partial charge on any atom is -0.495 e. The van der Waals surface area contributed by atoms with Gasteiger partial charge < -0.3 is 18.9 Å². The Hall–Kier alpha value is -3.50. The van der Waals surface area contributed by atoms with E-state index in [0.29, 0.717) is 21.5 Å². The van der Waals surface area contributed by atoms with Crippen LogP contribution in [-0.4, -0.2) is 45.8 Å². The van der Waals surface area contributed by atoms with Gasteiger partial charge >= 0.3 is 6.03 Å². The first-order valence-electron chi connectivity index (χ1n) is 9.69. The van der Waals surface area contributed by atoms with E-state index in [1.54, 1.807) is 18.2 Å². The fourth-order valence-electron chi connectivity index (χ4n) is 3.17. The molecule has 3 rings (SSSR count). The van der Waals surface area contributed by atoms with Crippen LogP contribution in [0.5, 0.6) is 23.0 Å². The molecule has 0 saturated carbocycles. The second-order valence-corrected chi connectivity index (χ2v) is 8.01. The molecule has 0 radical (unpaired) electrons. The van der Waals surface area contributed by atoms with Gasteiger partial charge in [0, 0.05) is 12.1 Å². The average Bonchev–Trinajstić information content (AvgIpc) is 2.81. The van der Waals surface area contributed by atoms with Crippen LogP contribution in [0.25, 0.3) is 6.08 Å². The number of hydrogen-bond acceptors (Lipinski definition) is 7. The summed E-state index contributed by atoms with van der Waals surface area (Å²) in [5, 5.41) is 2.38. The molecule has 0 aromatic heterocycles. The van der Waals surface area contributed by atoms with Gasteiger partial charge in [0.2, 0.25) is 0 Å². The van der Waals surface area contributed by atoms with E-state index >= 15 is 0 Å². The van der Waals surface area contributed by atoms with E-state index in [2.05, 4.69) is 27.8 Å². The minimum atomic E-state index is -0.943. The van der Waals surface area contributed by atoms with E-state index in [1.807, 2.05) is 0 Å². The number of nitrogens with one attached hydrogen (secondary N) is 1. The maximum absolute atomic E-state index is 13.3. The predicted octanol–water partition coefficient (Wildman–Crippen LogP) is 4.36. The maximum atomic E-state index is 13.3. The third-order valence-electron chi connectivity index (χ3n) is 4.70. The number of anilines is 1. The molecule has 9 nitrogen and oxygen atoms in total. The van der Waals surface area contributed by atoms with Crippen LogP contribution in [0.15, 0.2) is 47.0 Å². The van der Waals surface area contributed by atoms with Gasteiger partial charge in [-0.15, -0.1) is 0 Å². The number of methoxy groups -OCH3 is 3. The lowest BCUT2D eigenvalue weighted by Crippen LogP contribution is -2.54. The highest BCUT2D eigenvalue weighted by Gasteiger charge is 2.38. The van der Waals surface area contributed by atoms with Crippen molar-refractivity contribution >= 4 is 57.1 Å². The molecule has 2 aromatic rings. The van der Waals surface area contributed by atoms with E-state index in [1.165, 1.54) is 39.5 Å². The van der Waals surface area contributed by atoms with Crippen LogP contribution in [0.4, 0.5) is 10.5 Å². The monoisotopic (exact) mass is 550 g/mol. The van der Waals surface area contributed by atoms with Crippen molar-refractivity contribution in [1.29, 1.82) is 0 Å². The highest BCUT2D eigenvalue weighted by Crippen LogP contribution is 2.40. The number of hydrogen-bond donors (Lipinski definition) is 1. The van der Waals surface area contributed by atoms with Gasteiger partial charge in [0.1, 0.15) is 23.7 Å². The van der Waals surface area contributed by atoms with Crippen molar-refractivity contribution in [3.8, 4) is 23.0 Å². The highest BCUT2D eigenvalue weighted by atomic mass is 79.9. The summed E-state index contributed by atoms with van der Waals surface area (Å²) in [6.45, 7) is 3.86. The molecule has 4 amide bonds. The number of urea groups is 1. The summed E-state index contributed by atoms with van der Waals surface area (Å²) in [5.41, 5.74) is 0.212. The number of imide groups is 2. The predicted molar refractivity (Wildman–Crippen MR) is 130 cm³/mol. The molecule has 34 heavy (non-hydrogen) atoms. The van der Waals surface area contributed by atoms with Crippen molar-refractivity contribution in [2.24, 2.45) is 0 Å². The minimum absolute atomic E-state index is 0.0524. The largest absolute Gasteiger partial charge is 0.495 e. The summed E-state index contributed by atoms with van der Waals surface area (Å²) in [6, 6.07) is 5.06. The normalized spacial score (nSPS) is 14.7. The number of carbonyl (C=O) groups is 3. The lowest BCUT2D eigenvalue weighted by molar-refractivity contribution is -0.122. The first-order chi connectivity index (χ1) is 16.2. The van der Waals surface area contributed by atoms with Crippen LogP contribution in [-0.2, 0) is 9.59 Å². The first-order valence-corrected chi connectivity index (χ1v) is 10.9. The van der Waals surface area contributed by atoms with Crippen molar-refractivity contribution in [2.45, 2.75) is 0 Å². The molecule has 0 aliphatic carbocycles. The lowest BCUT2D eigenvalue weighted by atomic mass is 10.1.